The quantitative estimate of drug-likeness (QED) is 0.746. The van der Waals surface area contributed by atoms with Crippen LogP contribution in [-0.2, 0) is 4.79 Å². The SMILES string of the molecule is CNC(=O)NC(=O)[C@H](C)N(C)CCCOc1ccc(F)cc1. The lowest BCUT2D eigenvalue weighted by atomic mass is 10.2. The van der Waals surface area contributed by atoms with Gasteiger partial charge in [0.25, 0.3) is 0 Å². The summed E-state index contributed by atoms with van der Waals surface area (Å²) in [7, 11) is 3.25. The van der Waals surface area contributed by atoms with E-state index in [0.717, 1.165) is 0 Å². The molecule has 0 aliphatic rings. The zero-order chi connectivity index (χ0) is 16.5. The molecule has 1 aromatic carbocycles. The van der Waals surface area contributed by atoms with Crippen molar-refractivity contribution in [2.75, 3.05) is 27.2 Å². The molecule has 0 aliphatic heterocycles. The van der Waals surface area contributed by atoms with Crippen LogP contribution < -0.4 is 15.4 Å². The number of ether oxygens (including phenoxy) is 1. The van der Waals surface area contributed by atoms with Crippen LogP contribution in [0.1, 0.15) is 13.3 Å². The average molecular weight is 311 g/mol. The Labute approximate surface area is 129 Å². The van der Waals surface area contributed by atoms with Gasteiger partial charge in [0.1, 0.15) is 11.6 Å². The van der Waals surface area contributed by atoms with Crippen molar-refractivity contribution in [3.8, 4) is 5.75 Å². The molecule has 0 saturated heterocycles. The van der Waals surface area contributed by atoms with Gasteiger partial charge in [0.2, 0.25) is 5.91 Å². The van der Waals surface area contributed by atoms with Crippen molar-refractivity contribution < 1.29 is 18.7 Å². The average Bonchev–Trinajstić information content (AvgIpc) is 2.51. The second-order valence-electron chi connectivity index (χ2n) is 4.88. The molecular formula is C15H22FN3O3. The summed E-state index contributed by atoms with van der Waals surface area (Å²) in [6.45, 7) is 2.81. The molecule has 22 heavy (non-hydrogen) atoms. The first-order valence-electron chi connectivity index (χ1n) is 7.05. The zero-order valence-corrected chi connectivity index (χ0v) is 13.1. The number of nitrogens with one attached hydrogen (secondary N) is 2. The Morgan fingerprint density at radius 3 is 2.55 bits per heavy atom. The monoisotopic (exact) mass is 311 g/mol. The molecule has 7 heteroatoms. The number of imide groups is 1. The highest BCUT2D eigenvalue weighted by atomic mass is 19.1. The van der Waals surface area contributed by atoms with Gasteiger partial charge in [-0.15, -0.1) is 0 Å². The van der Waals surface area contributed by atoms with Crippen LogP contribution in [0, 0.1) is 5.82 Å². The first-order valence-corrected chi connectivity index (χ1v) is 7.05. The van der Waals surface area contributed by atoms with E-state index in [1.54, 1.807) is 26.1 Å². The maximum Gasteiger partial charge on any atom is 0.321 e. The van der Waals surface area contributed by atoms with Crippen molar-refractivity contribution in [3.63, 3.8) is 0 Å². The molecule has 6 nitrogen and oxygen atoms in total. The highest BCUT2D eigenvalue weighted by Gasteiger charge is 2.19. The summed E-state index contributed by atoms with van der Waals surface area (Å²) >= 11 is 0. The number of carbonyl (C=O) groups is 2. The van der Waals surface area contributed by atoms with E-state index in [1.807, 2.05) is 4.90 Å². The van der Waals surface area contributed by atoms with E-state index in [1.165, 1.54) is 19.2 Å². The Bertz CT molecular complexity index is 493. The topological polar surface area (TPSA) is 70.7 Å². The van der Waals surface area contributed by atoms with E-state index >= 15 is 0 Å². The molecule has 1 atom stereocenters. The van der Waals surface area contributed by atoms with Gasteiger partial charge in [0.15, 0.2) is 0 Å². The Morgan fingerprint density at radius 1 is 1.32 bits per heavy atom. The molecule has 0 aromatic heterocycles. The van der Waals surface area contributed by atoms with E-state index in [9.17, 15) is 14.0 Å². The number of carbonyl (C=O) groups excluding carboxylic acids is 2. The summed E-state index contributed by atoms with van der Waals surface area (Å²) in [5.41, 5.74) is 0. The minimum atomic E-state index is -0.523. The Hall–Kier alpha value is -2.15. The third kappa shape index (κ3) is 6.09. The number of hydrogen-bond acceptors (Lipinski definition) is 4. The number of halogens is 1. The molecule has 0 unspecified atom stereocenters. The molecule has 0 radical (unpaired) electrons. The fourth-order valence-electron chi connectivity index (χ4n) is 1.71. The van der Waals surface area contributed by atoms with Crippen molar-refractivity contribution in [1.82, 2.24) is 15.5 Å². The van der Waals surface area contributed by atoms with Crippen LogP contribution >= 0.6 is 0 Å². The molecule has 122 valence electrons. The van der Waals surface area contributed by atoms with Gasteiger partial charge < -0.3 is 10.1 Å². The maximum absolute atomic E-state index is 12.7. The number of rotatable bonds is 7. The van der Waals surface area contributed by atoms with Crippen LogP contribution in [0.15, 0.2) is 24.3 Å². The second-order valence-corrected chi connectivity index (χ2v) is 4.88. The molecule has 0 bridgehead atoms. The molecule has 1 rings (SSSR count). The van der Waals surface area contributed by atoms with E-state index in [4.69, 9.17) is 4.74 Å². The van der Waals surface area contributed by atoms with Gasteiger partial charge in [-0.2, -0.15) is 0 Å². The number of urea groups is 1. The van der Waals surface area contributed by atoms with Crippen molar-refractivity contribution in [2.45, 2.75) is 19.4 Å². The second kappa shape index (κ2) is 8.99. The number of amides is 3. The van der Waals surface area contributed by atoms with Gasteiger partial charge in [-0.25, -0.2) is 9.18 Å². The Morgan fingerprint density at radius 2 is 1.95 bits per heavy atom. The number of benzene rings is 1. The van der Waals surface area contributed by atoms with Crippen molar-refractivity contribution in [3.05, 3.63) is 30.1 Å². The summed E-state index contributed by atoms with van der Waals surface area (Å²) < 4.78 is 18.2. The highest BCUT2D eigenvalue weighted by molar-refractivity contribution is 5.96. The lowest BCUT2D eigenvalue weighted by molar-refractivity contribution is -0.124. The van der Waals surface area contributed by atoms with E-state index in [-0.39, 0.29) is 11.7 Å². The largest absolute Gasteiger partial charge is 0.494 e. The maximum atomic E-state index is 12.7. The van der Waals surface area contributed by atoms with Gasteiger partial charge in [0, 0.05) is 13.6 Å². The third-order valence-electron chi connectivity index (χ3n) is 3.24. The number of hydrogen-bond donors (Lipinski definition) is 2. The van der Waals surface area contributed by atoms with Crippen LogP contribution in [0.3, 0.4) is 0 Å². The van der Waals surface area contributed by atoms with Crippen LogP contribution in [0.4, 0.5) is 9.18 Å². The van der Waals surface area contributed by atoms with E-state index in [0.29, 0.717) is 25.3 Å². The predicted molar refractivity (Wildman–Crippen MR) is 81.2 cm³/mol. The molecule has 0 saturated carbocycles. The summed E-state index contributed by atoms with van der Waals surface area (Å²) in [5.74, 6) is -0.0567. The Balaban J connectivity index is 2.27. The first kappa shape index (κ1) is 17.9. The lowest BCUT2D eigenvalue weighted by Crippen LogP contribution is -2.48. The fourth-order valence-corrected chi connectivity index (χ4v) is 1.71. The number of likely N-dealkylation sites (N-methyl/N-ethyl adjacent to an activating group) is 1. The zero-order valence-electron chi connectivity index (χ0n) is 13.1. The third-order valence-corrected chi connectivity index (χ3v) is 3.24. The molecular weight excluding hydrogens is 289 g/mol. The minimum absolute atomic E-state index is 0.303. The number of nitrogens with zero attached hydrogens (tertiary/aromatic N) is 1. The molecule has 3 amide bonds. The van der Waals surface area contributed by atoms with Crippen molar-refractivity contribution in [2.24, 2.45) is 0 Å². The molecule has 0 spiro atoms. The fraction of sp³-hybridized carbons (Fsp3) is 0.467. The summed E-state index contributed by atoms with van der Waals surface area (Å²) in [6, 6.07) is 4.86. The lowest BCUT2D eigenvalue weighted by Gasteiger charge is -2.23. The van der Waals surface area contributed by atoms with E-state index in [2.05, 4.69) is 10.6 Å². The smallest absolute Gasteiger partial charge is 0.321 e. The predicted octanol–water partition coefficient (Wildman–Crippen LogP) is 1.37. The standard InChI is InChI=1S/C15H22FN3O3/c1-11(14(20)18-15(21)17-2)19(3)9-4-10-22-13-7-5-12(16)6-8-13/h5-8,11H,4,9-10H2,1-3H3,(H2,17,18,20,21)/t11-/m0/s1. The molecule has 0 aliphatic carbocycles. The Kier molecular flexibility index (Phi) is 7.31. The van der Waals surface area contributed by atoms with Gasteiger partial charge in [-0.1, -0.05) is 0 Å². The van der Waals surface area contributed by atoms with E-state index < -0.39 is 12.1 Å². The van der Waals surface area contributed by atoms with Crippen LogP contribution in [0.5, 0.6) is 5.75 Å². The highest BCUT2D eigenvalue weighted by Crippen LogP contribution is 2.11. The van der Waals surface area contributed by atoms with Crippen molar-refractivity contribution >= 4 is 11.9 Å². The molecule has 0 heterocycles. The van der Waals surface area contributed by atoms with Gasteiger partial charge in [0.05, 0.1) is 12.6 Å². The summed E-state index contributed by atoms with van der Waals surface area (Å²) in [5, 5.41) is 4.56. The molecule has 1 aromatic rings. The van der Waals surface area contributed by atoms with Crippen LogP contribution in [0.25, 0.3) is 0 Å². The summed E-state index contributed by atoms with van der Waals surface area (Å²) in [6.07, 6.45) is 0.700. The van der Waals surface area contributed by atoms with Crippen LogP contribution in [0.2, 0.25) is 0 Å². The van der Waals surface area contributed by atoms with Crippen molar-refractivity contribution in [1.29, 1.82) is 0 Å². The van der Waals surface area contributed by atoms with Gasteiger partial charge >= 0.3 is 6.03 Å². The normalized spacial score (nSPS) is 11.9. The molecule has 0 fully saturated rings. The first-order chi connectivity index (χ1) is 10.4. The molecule has 2 N–H and O–H groups in total. The van der Waals surface area contributed by atoms with Gasteiger partial charge in [-0.05, 0) is 44.7 Å². The summed E-state index contributed by atoms with van der Waals surface area (Å²) in [4.78, 5) is 24.7. The minimum Gasteiger partial charge on any atom is -0.494 e. The van der Waals surface area contributed by atoms with Gasteiger partial charge in [-0.3, -0.25) is 15.0 Å². The van der Waals surface area contributed by atoms with Crippen LogP contribution in [-0.4, -0.2) is 50.1 Å².